The van der Waals surface area contributed by atoms with Crippen molar-refractivity contribution >= 4 is 0 Å². The van der Waals surface area contributed by atoms with Crippen molar-refractivity contribution in [2.75, 3.05) is 19.6 Å². The molecule has 0 aliphatic carbocycles. The van der Waals surface area contributed by atoms with Gasteiger partial charge in [0, 0.05) is 0 Å². The second kappa shape index (κ2) is 9.05. The van der Waals surface area contributed by atoms with Gasteiger partial charge < -0.3 is 4.90 Å². The average Bonchev–Trinajstić information content (AvgIpc) is 2.10. The first-order valence-electron chi connectivity index (χ1n) is 5.36. The number of unbranched alkanes of at least 4 members (excludes halogenated alkanes) is 2. The van der Waals surface area contributed by atoms with Crippen molar-refractivity contribution in [2.24, 2.45) is 0 Å². The van der Waals surface area contributed by atoms with Crippen LogP contribution < -0.4 is 0 Å². The van der Waals surface area contributed by atoms with E-state index in [2.05, 4.69) is 25.7 Å². The van der Waals surface area contributed by atoms with E-state index in [1.165, 1.54) is 45.3 Å². The minimum absolute atomic E-state index is 1.08. The number of hydrogen-bond donors (Lipinski definition) is 0. The van der Waals surface area contributed by atoms with E-state index in [-0.39, 0.29) is 0 Å². The monoisotopic (exact) mass is 170 g/mol. The van der Waals surface area contributed by atoms with Gasteiger partial charge in [-0.25, -0.2) is 0 Å². The van der Waals surface area contributed by atoms with Crippen LogP contribution in [0.4, 0.5) is 0 Å². The summed E-state index contributed by atoms with van der Waals surface area (Å²) in [5.41, 5.74) is 0. The Morgan fingerprint density at radius 3 is 2.08 bits per heavy atom. The lowest BCUT2D eigenvalue weighted by molar-refractivity contribution is 0.267. The van der Waals surface area contributed by atoms with Gasteiger partial charge in [-0.3, -0.25) is 0 Å². The molecule has 73 valence electrons. The molecule has 1 heteroatoms. The Balaban J connectivity index is 3.40. The van der Waals surface area contributed by atoms with E-state index in [1.54, 1.807) is 0 Å². The highest BCUT2D eigenvalue weighted by Gasteiger charge is 2.00. The summed E-state index contributed by atoms with van der Waals surface area (Å²) in [6, 6.07) is 0. The van der Waals surface area contributed by atoms with Crippen molar-refractivity contribution in [3.8, 4) is 0 Å². The molecule has 0 heterocycles. The zero-order valence-corrected chi connectivity index (χ0v) is 8.81. The van der Waals surface area contributed by atoms with Crippen molar-refractivity contribution < 1.29 is 0 Å². The topological polar surface area (TPSA) is 3.24 Å². The lowest BCUT2D eigenvalue weighted by atomic mass is 10.2. The van der Waals surface area contributed by atoms with Crippen LogP contribution >= 0.6 is 0 Å². The largest absolute Gasteiger partial charge is 0.303 e. The maximum Gasteiger partial charge on any atom is -0.00187 e. The molecule has 0 saturated heterocycles. The van der Waals surface area contributed by atoms with E-state index in [9.17, 15) is 0 Å². The summed E-state index contributed by atoms with van der Waals surface area (Å²) < 4.78 is 0. The smallest absolute Gasteiger partial charge is 0.00187 e. The van der Waals surface area contributed by atoms with Gasteiger partial charge in [-0.2, -0.15) is 0 Å². The van der Waals surface area contributed by atoms with E-state index in [0.29, 0.717) is 0 Å². The van der Waals surface area contributed by atoms with Crippen molar-refractivity contribution in [1.29, 1.82) is 0 Å². The molecule has 0 bridgehead atoms. The third-order valence-corrected chi connectivity index (χ3v) is 2.09. The molecule has 0 amide bonds. The van der Waals surface area contributed by atoms with Crippen LogP contribution in [0.3, 0.4) is 0 Å². The van der Waals surface area contributed by atoms with E-state index in [0.717, 1.165) is 6.42 Å². The van der Waals surface area contributed by atoms with Crippen molar-refractivity contribution in [1.82, 2.24) is 4.90 Å². The molecule has 0 spiro atoms. The summed E-state index contributed by atoms with van der Waals surface area (Å²) in [6.45, 7) is 12.2. The van der Waals surface area contributed by atoms with Crippen LogP contribution in [0.2, 0.25) is 0 Å². The molecule has 0 atom stereocenters. The SMILES string of the molecule is [CH2]CCCN(CCC)CCCC. The summed E-state index contributed by atoms with van der Waals surface area (Å²) in [4.78, 5) is 2.56. The van der Waals surface area contributed by atoms with E-state index >= 15 is 0 Å². The molecule has 12 heavy (non-hydrogen) atoms. The molecule has 0 unspecified atom stereocenters. The summed E-state index contributed by atoms with van der Waals surface area (Å²) in [6.07, 6.45) is 6.26. The van der Waals surface area contributed by atoms with Gasteiger partial charge in [-0.15, -0.1) is 0 Å². The highest BCUT2D eigenvalue weighted by atomic mass is 15.1. The Morgan fingerprint density at radius 1 is 0.917 bits per heavy atom. The van der Waals surface area contributed by atoms with Crippen molar-refractivity contribution in [3.63, 3.8) is 0 Å². The third kappa shape index (κ3) is 6.66. The Labute approximate surface area is 78.1 Å². The molecule has 1 radical (unpaired) electrons. The van der Waals surface area contributed by atoms with Crippen molar-refractivity contribution in [2.45, 2.75) is 46.0 Å². The molecular weight excluding hydrogens is 146 g/mol. The van der Waals surface area contributed by atoms with Gasteiger partial charge in [0.2, 0.25) is 0 Å². The summed E-state index contributed by atoms with van der Waals surface area (Å²) >= 11 is 0. The summed E-state index contributed by atoms with van der Waals surface area (Å²) in [7, 11) is 0. The molecule has 0 aromatic heterocycles. The molecule has 1 nitrogen and oxygen atoms in total. The Hall–Kier alpha value is -0.0400. The molecular formula is C11H24N. The first-order chi connectivity index (χ1) is 5.85. The predicted molar refractivity (Wildman–Crippen MR) is 56.2 cm³/mol. The highest BCUT2D eigenvalue weighted by molar-refractivity contribution is 4.57. The van der Waals surface area contributed by atoms with Crippen LogP contribution in [0.15, 0.2) is 0 Å². The lowest BCUT2D eigenvalue weighted by Gasteiger charge is -2.20. The maximum atomic E-state index is 3.87. The molecule has 0 aliphatic heterocycles. The number of rotatable bonds is 8. The minimum Gasteiger partial charge on any atom is -0.303 e. The fourth-order valence-electron chi connectivity index (χ4n) is 1.37. The maximum absolute atomic E-state index is 3.87. The number of hydrogen-bond acceptors (Lipinski definition) is 1. The number of nitrogens with zero attached hydrogens (tertiary/aromatic N) is 1. The zero-order chi connectivity index (χ0) is 9.23. The molecule has 0 rings (SSSR count). The predicted octanol–water partition coefficient (Wildman–Crippen LogP) is 3.11. The molecule has 0 aromatic carbocycles. The Kier molecular flexibility index (Phi) is 9.02. The Bertz CT molecular complexity index is 73.1. The highest BCUT2D eigenvalue weighted by Crippen LogP contribution is 1.99. The lowest BCUT2D eigenvalue weighted by Crippen LogP contribution is -2.26. The molecule has 0 fully saturated rings. The minimum atomic E-state index is 1.08. The quantitative estimate of drug-likeness (QED) is 0.541. The van der Waals surface area contributed by atoms with E-state index in [1.807, 2.05) is 0 Å². The second-order valence-corrected chi connectivity index (χ2v) is 3.40. The summed E-state index contributed by atoms with van der Waals surface area (Å²) in [5, 5.41) is 0. The van der Waals surface area contributed by atoms with Gasteiger partial charge >= 0.3 is 0 Å². The van der Waals surface area contributed by atoms with Crippen LogP contribution in [0.1, 0.15) is 46.0 Å². The average molecular weight is 170 g/mol. The first-order valence-corrected chi connectivity index (χ1v) is 5.36. The third-order valence-electron chi connectivity index (χ3n) is 2.09. The van der Waals surface area contributed by atoms with Crippen LogP contribution in [0.25, 0.3) is 0 Å². The molecule has 0 aromatic rings. The van der Waals surface area contributed by atoms with Crippen LogP contribution in [0.5, 0.6) is 0 Å². The van der Waals surface area contributed by atoms with Gasteiger partial charge in [0.25, 0.3) is 0 Å². The van der Waals surface area contributed by atoms with Crippen LogP contribution in [-0.2, 0) is 0 Å². The van der Waals surface area contributed by atoms with Gasteiger partial charge in [0.05, 0.1) is 0 Å². The fourth-order valence-corrected chi connectivity index (χ4v) is 1.37. The van der Waals surface area contributed by atoms with Gasteiger partial charge in [-0.05, 0) is 38.9 Å². The van der Waals surface area contributed by atoms with Gasteiger partial charge in [0.1, 0.15) is 0 Å². The van der Waals surface area contributed by atoms with Crippen LogP contribution in [0, 0.1) is 6.92 Å². The van der Waals surface area contributed by atoms with Crippen molar-refractivity contribution in [3.05, 3.63) is 6.92 Å². The standard InChI is InChI=1S/C11H24N/c1-4-7-10-12(9-6-3)11-8-5-2/h1,4-11H2,2-3H3. The normalized spacial score (nSPS) is 11.0. The molecule has 0 aliphatic rings. The fraction of sp³-hybridized carbons (Fsp3) is 0.909. The van der Waals surface area contributed by atoms with Gasteiger partial charge in [0.15, 0.2) is 0 Å². The first kappa shape index (κ1) is 12.0. The molecule has 0 saturated carbocycles. The van der Waals surface area contributed by atoms with E-state index in [4.69, 9.17) is 0 Å². The van der Waals surface area contributed by atoms with Gasteiger partial charge in [-0.1, -0.05) is 33.6 Å². The zero-order valence-electron chi connectivity index (χ0n) is 8.81. The van der Waals surface area contributed by atoms with Crippen LogP contribution in [-0.4, -0.2) is 24.5 Å². The molecule has 0 N–H and O–H groups in total. The second-order valence-electron chi connectivity index (χ2n) is 3.40. The van der Waals surface area contributed by atoms with E-state index < -0.39 is 0 Å². The Morgan fingerprint density at radius 2 is 1.58 bits per heavy atom. The summed E-state index contributed by atoms with van der Waals surface area (Å²) in [5.74, 6) is 0.